The Bertz CT molecular complexity index is 1500. The van der Waals surface area contributed by atoms with E-state index in [1.165, 1.54) is 4.90 Å². The summed E-state index contributed by atoms with van der Waals surface area (Å²) < 4.78 is 2.07. The van der Waals surface area contributed by atoms with E-state index in [4.69, 9.17) is 0 Å². The number of amides is 2. The minimum atomic E-state index is -1.10. The van der Waals surface area contributed by atoms with Gasteiger partial charge >= 0.3 is 12.0 Å². The lowest BCUT2D eigenvalue weighted by Crippen LogP contribution is -2.68. The number of benzene rings is 3. The topological polar surface area (TPSA) is 92.5 Å². The zero-order valence-corrected chi connectivity index (χ0v) is 23.2. The smallest absolute Gasteiger partial charge is 0.329 e. The van der Waals surface area contributed by atoms with E-state index in [0.29, 0.717) is 30.8 Å². The van der Waals surface area contributed by atoms with Crippen molar-refractivity contribution in [3.05, 3.63) is 96.7 Å². The number of rotatable bonds is 7. The molecule has 2 fully saturated rings. The second-order valence-electron chi connectivity index (χ2n) is 11.1. The number of hydrogen-bond acceptors (Lipinski definition) is 5. The molecular weight excluding hydrogens is 518 g/mol. The van der Waals surface area contributed by atoms with Gasteiger partial charge in [-0.1, -0.05) is 48.5 Å². The molecule has 3 aromatic carbocycles. The predicted octanol–water partition coefficient (Wildman–Crippen LogP) is 4.45. The molecule has 4 atom stereocenters. The summed E-state index contributed by atoms with van der Waals surface area (Å²) in [5.41, 5.74) is 3.50. The molecule has 6 rings (SSSR count). The lowest BCUT2D eigenvalue weighted by molar-refractivity contribution is -0.168. The fourth-order valence-electron chi connectivity index (χ4n) is 6.50. The number of hydrogen-bond donors (Lipinski definition) is 2. The van der Waals surface area contributed by atoms with E-state index in [0.717, 1.165) is 16.5 Å². The minimum Gasteiger partial charge on any atom is -0.480 e. The summed E-state index contributed by atoms with van der Waals surface area (Å²) in [5.74, 6) is -1.07. The molecular formula is C32H35N5O4. The van der Waals surface area contributed by atoms with Crippen molar-refractivity contribution in [3.63, 3.8) is 0 Å². The molecule has 9 heteroatoms. The molecule has 41 heavy (non-hydrogen) atoms. The highest BCUT2D eigenvalue weighted by Gasteiger charge is 2.54. The molecule has 2 bridgehead atoms. The van der Waals surface area contributed by atoms with Gasteiger partial charge in [0.1, 0.15) is 6.04 Å². The van der Waals surface area contributed by atoms with Crippen LogP contribution in [0.25, 0.3) is 10.9 Å². The number of carboxylic acid groups (broad SMARTS) is 1. The molecule has 1 aromatic heterocycles. The summed E-state index contributed by atoms with van der Waals surface area (Å²) in [7, 11) is 3.85. The number of nitrogens with zero attached hydrogens (tertiary/aromatic N) is 5. The van der Waals surface area contributed by atoms with Crippen LogP contribution in [0.15, 0.2) is 91.1 Å². The fourth-order valence-corrected chi connectivity index (χ4v) is 6.50. The molecule has 0 aliphatic carbocycles. The number of piperazine rings is 1. The number of para-hydroxylation sites is 2. The summed E-state index contributed by atoms with van der Waals surface area (Å²) >= 11 is 0. The number of anilines is 2. The highest BCUT2D eigenvalue weighted by atomic mass is 16.4. The van der Waals surface area contributed by atoms with E-state index in [2.05, 4.69) is 28.8 Å². The first-order valence-corrected chi connectivity index (χ1v) is 14.0. The first-order valence-electron chi connectivity index (χ1n) is 14.0. The van der Waals surface area contributed by atoms with Crippen LogP contribution in [-0.4, -0.2) is 79.6 Å². The van der Waals surface area contributed by atoms with Crippen LogP contribution in [-0.2, 0) is 18.4 Å². The minimum absolute atomic E-state index is 0.166. The van der Waals surface area contributed by atoms with Gasteiger partial charge < -0.3 is 19.7 Å². The standard InChI is InChI=1S/C32H35N5O4/c1-33-18-17-23-14-13-22(19-28(23)33)20-34(2)31(40)37-26-15-16-27(37)29(30(38)39)35(21-26)32(41)36(24-9-5-3-6-10-24)25-11-7-4-8-12-25/h3-14,17-19,26-27,29,31,40H,15-16,20-21H2,1-2H3,(H,38,39)/t26-,27+,29-,31?/m0/s1. The van der Waals surface area contributed by atoms with Crippen LogP contribution in [0, 0.1) is 0 Å². The first kappa shape index (κ1) is 27.0. The Kier molecular flexibility index (Phi) is 7.25. The van der Waals surface area contributed by atoms with Gasteiger partial charge in [0.05, 0.1) is 11.4 Å². The Balaban J connectivity index is 1.26. The second-order valence-corrected chi connectivity index (χ2v) is 11.1. The quantitative estimate of drug-likeness (QED) is 0.329. The molecule has 1 unspecified atom stereocenters. The largest absolute Gasteiger partial charge is 0.480 e. The Morgan fingerprint density at radius 3 is 2.24 bits per heavy atom. The fraction of sp³-hybridized carbons (Fsp3) is 0.312. The zero-order valence-electron chi connectivity index (χ0n) is 23.2. The lowest BCUT2D eigenvalue weighted by Gasteiger charge is -2.49. The number of aromatic nitrogens is 1. The summed E-state index contributed by atoms with van der Waals surface area (Å²) in [5, 5.41) is 23.1. The Morgan fingerprint density at radius 1 is 0.951 bits per heavy atom. The molecule has 2 amide bonds. The molecule has 4 aromatic rings. The lowest BCUT2D eigenvalue weighted by atomic mass is 10.0. The monoisotopic (exact) mass is 553 g/mol. The van der Waals surface area contributed by atoms with E-state index >= 15 is 0 Å². The molecule has 3 heterocycles. The maximum absolute atomic E-state index is 14.2. The van der Waals surface area contributed by atoms with Gasteiger partial charge in [-0.25, -0.2) is 9.59 Å². The van der Waals surface area contributed by atoms with Gasteiger partial charge in [-0.05, 0) is 67.2 Å². The molecule has 2 saturated heterocycles. The first-order chi connectivity index (χ1) is 19.8. The van der Waals surface area contributed by atoms with Crippen LogP contribution in [0.5, 0.6) is 0 Å². The van der Waals surface area contributed by atoms with Crippen molar-refractivity contribution < 1.29 is 19.8 Å². The third-order valence-corrected chi connectivity index (χ3v) is 8.47. The van der Waals surface area contributed by atoms with Gasteiger partial charge in [0.2, 0.25) is 0 Å². The van der Waals surface area contributed by atoms with E-state index in [-0.39, 0.29) is 18.6 Å². The third kappa shape index (κ3) is 4.97. The number of aliphatic hydroxyl groups is 1. The molecule has 212 valence electrons. The van der Waals surface area contributed by atoms with Gasteiger partial charge in [-0.15, -0.1) is 0 Å². The van der Waals surface area contributed by atoms with Crippen molar-refractivity contribution in [1.29, 1.82) is 0 Å². The summed E-state index contributed by atoms with van der Waals surface area (Å²) in [4.78, 5) is 33.8. The SMILES string of the molecule is CN(Cc1ccc2ccn(C)c2c1)C(O)N1[C@H]2CC[C@@H]1[C@@H](C(=O)O)N(C(=O)N(c1ccccc1)c1ccccc1)C2. The van der Waals surface area contributed by atoms with E-state index < -0.39 is 24.4 Å². The predicted molar refractivity (Wildman–Crippen MR) is 158 cm³/mol. The molecule has 0 saturated carbocycles. The zero-order chi connectivity index (χ0) is 28.7. The van der Waals surface area contributed by atoms with Crippen LogP contribution in [0.1, 0.15) is 18.4 Å². The van der Waals surface area contributed by atoms with Crippen LogP contribution < -0.4 is 4.90 Å². The highest BCUT2D eigenvalue weighted by Crippen LogP contribution is 2.38. The summed E-state index contributed by atoms with van der Waals surface area (Å²) in [6.45, 7) is 0.705. The van der Waals surface area contributed by atoms with Gasteiger partial charge in [-0.2, -0.15) is 0 Å². The second kappa shape index (κ2) is 11.0. The van der Waals surface area contributed by atoms with Crippen LogP contribution >= 0.6 is 0 Å². The number of aliphatic carboxylic acids is 1. The number of fused-ring (bicyclic) bond motifs is 3. The van der Waals surface area contributed by atoms with Gasteiger partial charge in [0.15, 0.2) is 6.35 Å². The molecule has 0 radical (unpaired) electrons. The molecule has 2 aliphatic rings. The van der Waals surface area contributed by atoms with Crippen LogP contribution in [0.2, 0.25) is 0 Å². The normalized spacial score (nSPS) is 21.4. The highest BCUT2D eigenvalue weighted by molar-refractivity contribution is 6.01. The van der Waals surface area contributed by atoms with E-state index in [1.54, 1.807) is 4.90 Å². The Labute approximate surface area is 239 Å². The number of likely N-dealkylation sites (tertiary alicyclic amines) is 1. The van der Waals surface area contributed by atoms with E-state index in [9.17, 15) is 19.8 Å². The number of urea groups is 1. The van der Waals surface area contributed by atoms with Crippen molar-refractivity contribution in [3.8, 4) is 0 Å². The van der Waals surface area contributed by atoms with Crippen molar-refractivity contribution in [2.75, 3.05) is 18.5 Å². The Hall–Kier alpha value is -4.18. The van der Waals surface area contributed by atoms with Gasteiger partial charge in [0, 0.05) is 43.9 Å². The van der Waals surface area contributed by atoms with Crippen molar-refractivity contribution in [2.24, 2.45) is 7.05 Å². The summed E-state index contributed by atoms with van der Waals surface area (Å²) in [6, 6.07) is 24.7. The third-order valence-electron chi connectivity index (χ3n) is 8.47. The van der Waals surface area contributed by atoms with Crippen LogP contribution in [0.3, 0.4) is 0 Å². The van der Waals surface area contributed by atoms with Crippen molar-refractivity contribution in [2.45, 2.75) is 43.9 Å². The number of aliphatic hydroxyl groups excluding tert-OH is 1. The maximum Gasteiger partial charge on any atom is 0.329 e. The number of aryl methyl sites for hydroxylation is 1. The molecule has 2 N–H and O–H groups in total. The number of carbonyl (C=O) groups excluding carboxylic acids is 1. The Morgan fingerprint density at radius 2 is 1.61 bits per heavy atom. The average molecular weight is 554 g/mol. The average Bonchev–Trinajstić information content (AvgIpc) is 3.50. The number of carboxylic acids is 1. The van der Waals surface area contributed by atoms with Crippen molar-refractivity contribution in [1.82, 2.24) is 19.3 Å². The summed E-state index contributed by atoms with van der Waals surface area (Å²) in [6.07, 6.45) is 2.32. The van der Waals surface area contributed by atoms with Gasteiger partial charge in [-0.3, -0.25) is 14.7 Å². The van der Waals surface area contributed by atoms with Crippen molar-refractivity contribution >= 4 is 34.3 Å². The molecule has 9 nitrogen and oxygen atoms in total. The molecule has 0 spiro atoms. The maximum atomic E-state index is 14.2. The molecule has 2 aliphatic heterocycles. The van der Waals surface area contributed by atoms with Gasteiger partial charge in [0.25, 0.3) is 0 Å². The van der Waals surface area contributed by atoms with Crippen LogP contribution in [0.4, 0.5) is 16.2 Å². The van der Waals surface area contributed by atoms with E-state index in [1.807, 2.05) is 90.8 Å². The number of carbonyl (C=O) groups is 2.